The number of para-hydroxylation sites is 1. The number of benzene rings is 1. The zero-order valence-electron chi connectivity index (χ0n) is 6.73. The van der Waals surface area contributed by atoms with Crippen molar-refractivity contribution < 1.29 is 4.57 Å². The summed E-state index contributed by atoms with van der Waals surface area (Å²) in [5.41, 5.74) is 3.43. The van der Waals surface area contributed by atoms with Crippen molar-refractivity contribution in [2.75, 3.05) is 0 Å². The molecule has 0 saturated carbocycles. The van der Waals surface area contributed by atoms with E-state index >= 15 is 0 Å². The van der Waals surface area contributed by atoms with Crippen molar-refractivity contribution >= 4 is 21.6 Å². The van der Waals surface area contributed by atoms with E-state index in [-0.39, 0.29) is 0 Å². The highest BCUT2D eigenvalue weighted by Crippen LogP contribution is 2.14. The molecule has 2 rings (SSSR count). The quantitative estimate of drug-likeness (QED) is 0.488. The molecule has 0 fully saturated rings. The molecule has 0 saturated heterocycles. The molecule has 0 N–H and O–H groups in total. The van der Waals surface area contributed by atoms with E-state index in [1.807, 2.05) is 6.08 Å². The Morgan fingerprint density at radius 2 is 2.25 bits per heavy atom. The Morgan fingerprint density at radius 1 is 1.42 bits per heavy atom. The molecule has 1 aromatic heterocycles. The molecule has 0 unspecified atom stereocenters. The molecule has 0 spiro atoms. The second kappa shape index (κ2) is 3.07. The first-order valence-corrected chi connectivity index (χ1v) is 4.76. The van der Waals surface area contributed by atoms with Crippen LogP contribution in [0.5, 0.6) is 0 Å². The molecule has 1 nitrogen and oxygen atoms in total. The van der Waals surface area contributed by atoms with Crippen LogP contribution < -0.4 is 4.57 Å². The summed E-state index contributed by atoms with van der Waals surface area (Å²) < 4.78 is 3.53. The van der Waals surface area contributed by atoms with Gasteiger partial charge in [0.25, 0.3) is 0 Å². The Labute approximate surface area is 75.6 Å². The summed E-state index contributed by atoms with van der Waals surface area (Å²) in [6.45, 7) is 4.62. The summed E-state index contributed by atoms with van der Waals surface area (Å²) in [6, 6.07) is 8.40. The maximum Gasteiger partial charge on any atom is 0.226 e. The summed E-state index contributed by atoms with van der Waals surface area (Å²) in [6.07, 6.45) is 1.92. The topological polar surface area (TPSA) is 3.88 Å². The van der Waals surface area contributed by atoms with E-state index in [0.717, 1.165) is 6.54 Å². The first-order valence-electron chi connectivity index (χ1n) is 3.88. The van der Waals surface area contributed by atoms with Gasteiger partial charge in [-0.25, -0.2) is 0 Å². The summed E-state index contributed by atoms with van der Waals surface area (Å²) in [5, 5.41) is 0. The fourth-order valence-corrected chi connectivity index (χ4v) is 2.16. The van der Waals surface area contributed by atoms with E-state index in [4.69, 9.17) is 0 Å². The van der Waals surface area contributed by atoms with Crippen molar-refractivity contribution in [2.24, 2.45) is 0 Å². The van der Waals surface area contributed by atoms with Crippen LogP contribution in [-0.2, 0) is 6.54 Å². The predicted octanol–water partition coefficient (Wildman–Crippen LogP) is 2.37. The van der Waals surface area contributed by atoms with Crippen molar-refractivity contribution in [2.45, 2.75) is 6.54 Å². The summed E-state index contributed by atoms with van der Waals surface area (Å²) in [4.78, 5) is 0. The van der Waals surface area contributed by atoms with Crippen LogP contribution in [0, 0.1) is 0 Å². The third kappa shape index (κ3) is 1.14. The van der Waals surface area contributed by atoms with Gasteiger partial charge < -0.3 is 0 Å². The van der Waals surface area contributed by atoms with Gasteiger partial charge in [-0.05, 0) is 12.1 Å². The number of hydrogen-bond acceptors (Lipinski definition) is 1. The van der Waals surface area contributed by atoms with Crippen LogP contribution in [0.15, 0.2) is 42.4 Å². The van der Waals surface area contributed by atoms with Crippen molar-refractivity contribution in [3.05, 3.63) is 42.4 Å². The lowest BCUT2D eigenvalue weighted by molar-refractivity contribution is -0.656. The first-order chi connectivity index (χ1) is 5.92. The van der Waals surface area contributed by atoms with Crippen LogP contribution in [0.25, 0.3) is 10.2 Å². The van der Waals surface area contributed by atoms with Crippen LogP contribution in [0.3, 0.4) is 0 Å². The lowest BCUT2D eigenvalue weighted by Crippen LogP contribution is -2.29. The van der Waals surface area contributed by atoms with Crippen molar-refractivity contribution in [1.29, 1.82) is 0 Å². The Hall–Kier alpha value is -1.15. The number of rotatable bonds is 2. The Kier molecular flexibility index (Phi) is 1.92. The molecule has 12 heavy (non-hydrogen) atoms. The molecule has 0 radical (unpaired) electrons. The highest BCUT2D eigenvalue weighted by Gasteiger charge is 2.07. The van der Waals surface area contributed by atoms with Gasteiger partial charge in [0.15, 0.2) is 6.54 Å². The van der Waals surface area contributed by atoms with E-state index in [1.54, 1.807) is 11.3 Å². The lowest BCUT2D eigenvalue weighted by atomic mass is 10.3. The highest BCUT2D eigenvalue weighted by atomic mass is 32.1. The van der Waals surface area contributed by atoms with Gasteiger partial charge in [-0.2, -0.15) is 4.57 Å². The van der Waals surface area contributed by atoms with E-state index in [1.165, 1.54) is 10.2 Å². The number of aromatic nitrogens is 1. The number of nitrogens with zero attached hydrogens (tertiary/aromatic N) is 1. The van der Waals surface area contributed by atoms with Gasteiger partial charge in [-0.15, -0.1) is 0 Å². The van der Waals surface area contributed by atoms with E-state index in [0.29, 0.717) is 0 Å². The first kappa shape index (κ1) is 7.50. The summed E-state index contributed by atoms with van der Waals surface area (Å²) >= 11 is 1.77. The molecule has 0 atom stereocenters. The molecular formula is C10H10NS+. The van der Waals surface area contributed by atoms with Gasteiger partial charge in [0.2, 0.25) is 11.0 Å². The van der Waals surface area contributed by atoms with Crippen LogP contribution in [0.2, 0.25) is 0 Å². The molecule has 1 aromatic carbocycles. The van der Waals surface area contributed by atoms with E-state index < -0.39 is 0 Å². The van der Waals surface area contributed by atoms with Gasteiger partial charge in [0, 0.05) is 6.07 Å². The molecule has 0 bridgehead atoms. The average Bonchev–Trinajstić information content (AvgIpc) is 2.50. The zero-order chi connectivity index (χ0) is 8.39. The molecular weight excluding hydrogens is 166 g/mol. The molecule has 60 valence electrons. The van der Waals surface area contributed by atoms with Gasteiger partial charge in [0.1, 0.15) is 4.70 Å². The van der Waals surface area contributed by atoms with Gasteiger partial charge in [0.05, 0.1) is 0 Å². The van der Waals surface area contributed by atoms with Crippen LogP contribution >= 0.6 is 11.3 Å². The predicted molar refractivity (Wildman–Crippen MR) is 52.2 cm³/mol. The molecule has 2 heteroatoms. The summed E-state index contributed by atoms with van der Waals surface area (Å²) in [7, 11) is 0. The van der Waals surface area contributed by atoms with Crippen LogP contribution in [0.1, 0.15) is 0 Å². The SMILES string of the molecule is C=CC[n+]1csc2ccccc21. The highest BCUT2D eigenvalue weighted by molar-refractivity contribution is 7.16. The third-order valence-electron chi connectivity index (χ3n) is 1.81. The Bertz CT molecular complexity index is 403. The molecule has 0 aliphatic rings. The minimum Gasteiger partial charge on any atom is -0.185 e. The fraction of sp³-hybridized carbons (Fsp3) is 0.100. The number of fused-ring (bicyclic) bond motifs is 1. The van der Waals surface area contributed by atoms with Gasteiger partial charge in [-0.1, -0.05) is 30.0 Å². The molecule has 0 aliphatic heterocycles. The van der Waals surface area contributed by atoms with Gasteiger partial charge >= 0.3 is 0 Å². The monoisotopic (exact) mass is 176 g/mol. The Balaban J connectivity index is 2.62. The molecule has 2 aromatic rings. The zero-order valence-corrected chi connectivity index (χ0v) is 7.55. The number of allylic oxidation sites excluding steroid dienone is 1. The molecule has 0 amide bonds. The summed E-state index contributed by atoms with van der Waals surface area (Å²) in [5.74, 6) is 0. The second-order valence-electron chi connectivity index (χ2n) is 2.63. The van der Waals surface area contributed by atoms with Crippen molar-refractivity contribution in [3.8, 4) is 0 Å². The minimum atomic E-state index is 0.893. The second-order valence-corrected chi connectivity index (χ2v) is 3.52. The van der Waals surface area contributed by atoms with Crippen molar-refractivity contribution in [1.82, 2.24) is 0 Å². The molecule has 0 aliphatic carbocycles. The standard InChI is InChI=1S/C10H10NS/c1-2-7-11-8-12-10-6-4-3-5-9(10)11/h2-6,8H,1,7H2/q+1. The van der Waals surface area contributed by atoms with Crippen molar-refractivity contribution in [3.63, 3.8) is 0 Å². The maximum absolute atomic E-state index is 3.73. The largest absolute Gasteiger partial charge is 0.226 e. The normalized spacial score (nSPS) is 10.3. The van der Waals surface area contributed by atoms with Gasteiger partial charge in [-0.3, -0.25) is 0 Å². The van der Waals surface area contributed by atoms with E-state index in [2.05, 4.69) is 40.9 Å². The minimum absolute atomic E-state index is 0.893. The number of hydrogen-bond donors (Lipinski definition) is 0. The van der Waals surface area contributed by atoms with Crippen LogP contribution in [0.4, 0.5) is 0 Å². The number of thiazole rings is 1. The molecule has 1 heterocycles. The van der Waals surface area contributed by atoms with Crippen LogP contribution in [-0.4, -0.2) is 0 Å². The lowest BCUT2D eigenvalue weighted by Gasteiger charge is -1.86. The third-order valence-corrected chi connectivity index (χ3v) is 2.77. The maximum atomic E-state index is 3.73. The average molecular weight is 176 g/mol. The smallest absolute Gasteiger partial charge is 0.185 e. The Morgan fingerprint density at radius 3 is 3.08 bits per heavy atom. The van der Waals surface area contributed by atoms with E-state index in [9.17, 15) is 0 Å². The fourth-order valence-electron chi connectivity index (χ4n) is 1.25.